The molecule has 0 amide bonds. The van der Waals surface area contributed by atoms with Crippen molar-refractivity contribution in [2.75, 3.05) is 10.9 Å². The van der Waals surface area contributed by atoms with Crippen LogP contribution < -0.4 is 32.4 Å². The van der Waals surface area contributed by atoms with E-state index in [4.69, 9.17) is 5.26 Å². The maximum atomic E-state index is 12.6. The summed E-state index contributed by atoms with van der Waals surface area (Å²) in [6.45, 7) is 3.88. The maximum Gasteiger partial charge on any atom is 0.237 e. The SMILES string of the molecule is Cc1ccc(N/N=c2\c(=O)cc/c(=N\Nc3ccc(SOOO)cc3)c2=O)c(C)c1. The summed E-state index contributed by atoms with van der Waals surface area (Å²) < 4.78 is 4.34. The third kappa shape index (κ3) is 5.39. The van der Waals surface area contributed by atoms with Crippen molar-refractivity contribution in [3.8, 4) is 0 Å². The molecular formula is C20H18N4O5S. The van der Waals surface area contributed by atoms with E-state index in [1.165, 1.54) is 12.1 Å². The summed E-state index contributed by atoms with van der Waals surface area (Å²) in [4.78, 5) is 25.4. The topological polar surface area (TPSA) is 122 Å². The molecule has 0 heterocycles. The normalized spacial score (nSPS) is 12.2. The van der Waals surface area contributed by atoms with Crippen LogP contribution in [0.1, 0.15) is 11.1 Å². The van der Waals surface area contributed by atoms with E-state index in [2.05, 4.69) is 30.4 Å². The number of nitrogens with one attached hydrogen (secondary N) is 2. The molecule has 0 aliphatic carbocycles. The summed E-state index contributed by atoms with van der Waals surface area (Å²) in [7, 11) is 0. The van der Waals surface area contributed by atoms with Gasteiger partial charge in [-0.1, -0.05) is 22.7 Å². The zero-order chi connectivity index (χ0) is 21.5. The molecule has 0 atom stereocenters. The molecule has 0 fully saturated rings. The molecule has 3 rings (SSSR count). The number of nitrogens with zero attached hydrogens (tertiary/aromatic N) is 2. The number of hydrogen-bond acceptors (Lipinski definition) is 10. The highest BCUT2D eigenvalue weighted by Crippen LogP contribution is 2.21. The van der Waals surface area contributed by atoms with Gasteiger partial charge in [0.1, 0.15) is 5.36 Å². The van der Waals surface area contributed by atoms with Crippen LogP contribution in [0.5, 0.6) is 0 Å². The van der Waals surface area contributed by atoms with Gasteiger partial charge in [0.2, 0.25) is 10.9 Å². The molecule has 154 valence electrons. The van der Waals surface area contributed by atoms with Crippen molar-refractivity contribution in [1.82, 2.24) is 0 Å². The van der Waals surface area contributed by atoms with Gasteiger partial charge in [-0.15, -0.1) is 4.33 Å². The van der Waals surface area contributed by atoms with Gasteiger partial charge in [-0.25, -0.2) is 5.26 Å². The Morgan fingerprint density at radius 2 is 1.70 bits per heavy atom. The Balaban J connectivity index is 1.85. The van der Waals surface area contributed by atoms with Crippen LogP contribution in [0.3, 0.4) is 0 Å². The first-order valence-electron chi connectivity index (χ1n) is 8.74. The van der Waals surface area contributed by atoms with Crippen LogP contribution in [0, 0.1) is 13.8 Å². The molecule has 0 radical (unpaired) electrons. The van der Waals surface area contributed by atoms with Crippen LogP contribution in [0.15, 0.2) is 79.3 Å². The second-order valence-corrected chi connectivity index (χ2v) is 7.05. The first kappa shape index (κ1) is 21.4. The lowest BCUT2D eigenvalue weighted by Crippen LogP contribution is -2.48. The van der Waals surface area contributed by atoms with Gasteiger partial charge in [-0.2, -0.15) is 10.2 Å². The average Bonchev–Trinajstić information content (AvgIpc) is 2.73. The Kier molecular flexibility index (Phi) is 7.09. The lowest BCUT2D eigenvalue weighted by molar-refractivity contribution is -0.432. The van der Waals surface area contributed by atoms with E-state index in [9.17, 15) is 9.59 Å². The third-order valence-corrected chi connectivity index (χ3v) is 4.66. The van der Waals surface area contributed by atoms with E-state index >= 15 is 0 Å². The molecule has 0 saturated carbocycles. The Hall–Kier alpha value is -3.31. The van der Waals surface area contributed by atoms with Crippen molar-refractivity contribution < 1.29 is 14.6 Å². The molecule has 10 heteroatoms. The van der Waals surface area contributed by atoms with Gasteiger partial charge in [-0.05, 0) is 61.9 Å². The molecule has 3 N–H and O–H groups in total. The Bertz CT molecular complexity index is 1250. The van der Waals surface area contributed by atoms with E-state index in [0.29, 0.717) is 16.3 Å². The highest BCUT2D eigenvalue weighted by Gasteiger charge is 2.03. The summed E-state index contributed by atoms with van der Waals surface area (Å²) in [5, 5.41) is 19.6. The highest BCUT2D eigenvalue weighted by atomic mass is 32.2. The van der Waals surface area contributed by atoms with Crippen molar-refractivity contribution >= 4 is 23.4 Å². The van der Waals surface area contributed by atoms with Crippen LogP contribution in [0.2, 0.25) is 0 Å². The van der Waals surface area contributed by atoms with Gasteiger partial charge in [0.05, 0.1) is 23.4 Å². The monoisotopic (exact) mass is 426 g/mol. The van der Waals surface area contributed by atoms with Gasteiger partial charge in [0.25, 0.3) is 0 Å². The van der Waals surface area contributed by atoms with Gasteiger partial charge in [0, 0.05) is 4.90 Å². The van der Waals surface area contributed by atoms with Gasteiger partial charge in [0.15, 0.2) is 5.36 Å². The number of benzene rings is 3. The van der Waals surface area contributed by atoms with Crippen molar-refractivity contribution in [3.05, 3.63) is 96.9 Å². The van der Waals surface area contributed by atoms with Crippen molar-refractivity contribution in [3.63, 3.8) is 0 Å². The van der Waals surface area contributed by atoms with E-state index < -0.39 is 10.9 Å². The molecule has 3 aromatic carbocycles. The predicted octanol–water partition coefficient (Wildman–Crippen LogP) is 2.18. The van der Waals surface area contributed by atoms with Crippen molar-refractivity contribution in [2.24, 2.45) is 10.2 Å². The largest absolute Gasteiger partial charge is 0.287 e. The first-order chi connectivity index (χ1) is 14.5. The molecule has 0 aliphatic rings. The molecule has 0 unspecified atom stereocenters. The maximum absolute atomic E-state index is 12.6. The van der Waals surface area contributed by atoms with E-state index in [1.807, 2.05) is 32.0 Å². The molecule has 0 aromatic heterocycles. The third-order valence-electron chi connectivity index (χ3n) is 4.06. The van der Waals surface area contributed by atoms with Crippen LogP contribution in [-0.2, 0) is 9.37 Å². The van der Waals surface area contributed by atoms with Crippen LogP contribution in [0.4, 0.5) is 11.4 Å². The smallest absolute Gasteiger partial charge is 0.237 e. The van der Waals surface area contributed by atoms with Crippen LogP contribution in [0.25, 0.3) is 0 Å². The summed E-state index contributed by atoms with van der Waals surface area (Å²) in [5.41, 5.74) is 7.79. The fourth-order valence-electron chi connectivity index (χ4n) is 2.56. The fraction of sp³-hybridized carbons (Fsp3) is 0.100. The first-order valence-corrected chi connectivity index (χ1v) is 9.48. The van der Waals surface area contributed by atoms with Crippen LogP contribution >= 0.6 is 12.0 Å². The molecule has 0 saturated heterocycles. The Morgan fingerprint density at radius 3 is 2.40 bits per heavy atom. The Morgan fingerprint density at radius 1 is 0.933 bits per heavy atom. The zero-order valence-corrected chi connectivity index (χ0v) is 16.9. The standard InChI is InChI=1S/C20H18N4O5S/c1-12-3-8-16(13(2)11-12)22-24-19-18(25)10-9-17(20(19)26)23-21-14-4-6-15(7-5-14)30-29-28-27/h3-11,21-22,27H,1-2H3/b23-17+,24-19+. The minimum atomic E-state index is -0.590. The van der Waals surface area contributed by atoms with E-state index in [0.717, 1.165) is 23.2 Å². The molecular weight excluding hydrogens is 408 g/mol. The summed E-state index contributed by atoms with van der Waals surface area (Å²) in [5.74, 6) is 0. The number of hydrogen-bond donors (Lipinski definition) is 3. The lowest BCUT2D eigenvalue weighted by atomic mass is 10.1. The molecule has 0 spiro atoms. The number of anilines is 2. The van der Waals surface area contributed by atoms with Gasteiger partial charge >= 0.3 is 0 Å². The number of rotatable bonds is 7. The Labute approximate surface area is 175 Å². The minimum absolute atomic E-state index is 0.0474. The summed E-state index contributed by atoms with van der Waals surface area (Å²) >= 11 is 0.820. The van der Waals surface area contributed by atoms with Gasteiger partial charge < -0.3 is 0 Å². The molecule has 9 nitrogen and oxygen atoms in total. The minimum Gasteiger partial charge on any atom is -0.287 e. The summed E-state index contributed by atoms with van der Waals surface area (Å²) in [6, 6.07) is 15.0. The molecule has 30 heavy (non-hydrogen) atoms. The second kappa shape index (κ2) is 9.94. The van der Waals surface area contributed by atoms with Crippen molar-refractivity contribution in [1.29, 1.82) is 0 Å². The van der Waals surface area contributed by atoms with E-state index in [-0.39, 0.29) is 10.7 Å². The van der Waals surface area contributed by atoms with E-state index in [1.54, 1.807) is 24.3 Å². The molecule has 0 aliphatic heterocycles. The lowest BCUT2D eigenvalue weighted by Gasteiger charge is -2.05. The molecule has 3 aromatic rings. The second-order valence-electron chi connectivity index (χ2n) is 6.28. The molecule has 0 bridgehead atoms. The quantitative estimate of drug-likeness (QED) is 0.299. The zero-order valence-electron chi connectivity index (χ0n) is 16.1. The average molecular weight is 426 g/mol. The number of aryl methyl sites for hydroxylation is 2. The van der Waals surface area contributed by atoms with Crippen LogP contribution in [-0.4, -0.2) is 5.26 Å². The summed E-state index contributed by atoms with van der Waals surface area (Å²) in [6.07, 6.45) is 0. The highest BCUT2D eigenvalue weighted by molar-refractivity contribution is 7.94. The van der Waals surface area contributed by atoms with Crippen molar-refractivity contribution in [2.45, 2.75) is 18.7 Å². The van der Waals surface area contributed by atoms with Gasteiger partial charge in [-0.3, -0.25) is 20.4 Å². The predicted molar refractivity (Wildman–Crippen MR) is 113 cm³/mol. The fourth-order valence-corrected chi connectivity index (χ4v) is 2.91.